The van der Waals surface area contributed by atoms with Gasteiger partial charge >= 0.3 is 0 Å². The topological polar surface area (TPSA) is 43.7 Å². The Bertz CT molecular complexity index is 1250. The molecule has 1 saturated heterocycles. The smallest absolute Gasteiger partial charge is 0.115 e. The van der Waals surface area contributed by atoms with Crippen LogP contribution < -0.4 is 24.0 Å². The molecule has 1 fully saturated rings. The van der Waals surface area contributed by atoms with Gasteiger partial charge in [-0.1, -0.05) is 121 Å². The maximum absolute atomic E-state index is 11.9. The Morgan fingerprint density at radius 3 is 1.26 bits per heavy atom. The molecule has 0 unspecified atom stereocenters. The number of rotatable bonds is 12. The minimum atomic E-state index is -0.975. The van der Waals surface area contributed by atoms with Crippen molar-refractivity contribution >= 4 is 0 Å². The Morgan fingerprint density at radius 2 is 0.905 bits per heavy atom. The largest absolute Gasteiger partial charge is 1.00 e. The zero-order valence-corrected chi connectivity index (χ0v) is 26.9. The summed E-state index contributed by atoms with van der Waals surface area (Å²) in [5, 5.41) is 23.8. The zero-order chi connectivity index (χ0) is 28.6. The maximum Gasteiger partial charge on any atom is 0.115 e. The van der Waals surface area contributed by atoms with Crippen LogP contribution in [-0.2, 0) is 11.2 Å². The van der Waals surface area contributed by atoms with Crippen LogP contribution in [0.2, 0.25) is 0 Å². The molecule has 1 aliphatic rings. The molecule has 4 nitrogen and oxygen atoms in total. The highest BCUT2D eigenvalue weighted by atomic mass is 127. The van der Waals surface area contributed by atoms with Crippen LogP contribution in [0.25, 0.3) is 0 Å². The molecule has 0 saturated carbocycles. The number of nitrogens with zero attached hydrogens (tertiary/aromatic N) is 2. The fourth-order valence-corrected chi connectivity index (χ4v) is 6.48. The monoisotopic (exact) mass is 676 g/mol. The lowest BCUT2D eigenvalue weighted by molar-refractivity contribution is -0.914. The van der Waals surface area contributed by atoms with Crippen LogP contribution >= 0.6 is 0 Å². The van der Waals surface area contributed by atoms with E-state index in [2.05, 4.69) is 11.9 Å². The Balaban J connectivity index is 0.00000405. The summed E-state index contributed by atoms with van der Waals surface area (Å²) in [6.07, 6.45) is 3.29. The van der Waals surface area contributed by atoms with Crippen molar-refractivity contribution < 1.29 is 38.7 Å². The van der Waals surface area contributed by atoms with Crippen LogP contribution in [0.5, 0.6) is 0 Å². The Labute approximate surface area is 269 Å². The second-order valence-electron chi connectivity index (χ2n) is 12.0. The number of aliphatic hydroxyl groups is 2. The fraction of sp³-hybridized carbons (Fsp3) is 0.351. The number of halogens is 1. The molecular weight excluding hydrogens is 631 g/mol. The molecule has 5 rings (SSSR count). The summed E-state index contributed by atoms with van der Waals surface area (Å²) in [6.45, 7) is 6.38. The molecule has 2 N–H and O–H groups in total. The van der Waals surface area contributed by atoms with Gasteiger partial charge in [-0.3, -0.25) is 4.90 Å². The second kappa shape index (κ2) is 14.8. The minimum absolute atomic E-state index is 0. The van der Waals surface area contributed by atoms with Gasteiger partial charge in [0, 0.05) is 13.1 Å². The first-order valence-corrected chi connectivity index (χ1v) is 15.1. The molecule has 0 radical (unpaired) electrons. The zero-order valence-electron chi connectivity index (χ0n) is 24.8. The summed E-state index contributed by atoms with van der Waals surface area (Å²) < 4.78 is 1.04. The molecule has 222 valence electrons. The van der Waals surface area contributed by atoms with Crippen LogP contribution in [0.4, 0.5) is 0 Å². The summed E-state index contributed by atoms with van der Waals surface area (Å²) in [4.78, 5) is 2.56. The summed E-state index contributed by atoms with van der Waals surface area (Å²) in [6, 6.07) is 40.4. The molecule has 0 atom stereocenters. The lowest BCUT2D eigenvalue weighted by Crippen LogP contribution is -3.00. The van der Waals surface area contributed by atoms with Gasteiger partial charge in [0.25, 0.3) is 0 Å². The molecule has 0 spiro atoms. The SMILES string of the molecule is C[N+]1(CCCC(O)(c2ccccc2)c2ccccc2)CCN(CCCC(O)(c2ccccc2)c2ccccc2)CC1.[I-]. The highest BCUT2D eigenvalue weighted by Crippen LogP contribution is 2.35. The van der Waals surface area contributed by atoms with Gasteiger partial charge in [-0.05, 0) is 54.5 Å². The highest BCUT2D eigenvalue weighted by Gasteiger charge is 2.35. The summed E-state index contributed by atoms with van der Waals surface area (Å²) in [7, 11) is 2.37. The first-order valence-electron chi connectivity index (χ1n) is 15.1. The Morgan fingerprint density at radius 1 is 0.571 bits per heavy atom. The van der Waals surface area contributed by atoms with Gasteiger partial charge in [-0.2, -0.15) is 0 Å². The van der Waals surface area contributed by atoms with Crippen molar-refractivity contribution in [2.45, 2.75) is 36.9 Å². The standard InChI is InChI=1S/C37H45N2O2.HI/c1-39(29-15-25-37(41,34-20-10-4-11-21-34)35-22-12-5-13-23-35)30-27-38(28-31-39)26-14-24-36(40,32-16-6-2-7-17-32)33-18-8-3-9-19-33;/h2-13,16-23,40-41H,14-15,24-31H2,1H3;1H/q+1;/p-1. The van der Waals surface area contributed by atoms with E-state index in [-0.39, 0.29) is 24.0 Å². The van der Waals surface area contributed by atoms with E-state index >= 15 is 0 Å². The van der Waals surface area contributed by atoms with Crippen molar-refractivity contribution in [3.63, 3.8) is 0 Å². The van der Waals surface area contributed by atoms with E-state index in [9.17, 15) is 10.2 Å². The molecule has 4 aromatic rings. The fourth-order valence-electron chi connectivity index (χ4n) is 6.48. The van der Waals surface area contributed by atoms with Crippen LogP contribution in [-0.4, -0.2) is 65.9 Å². The third-order valence-corrected chi connectivity index (χ3v) is 9.17. The number of hydrogen-bond donors (Lipinski definition) is 2. The van der Waals surface area contributed by atoms with Crippen LogP contribution in [0.1, 0.15) is 47.9 Å². The molecule has 0 bridgehead atoms. The van der Waals surface area contributed by atoms with Crippen molar-refractivity contribution in [2.75, 3.05) is 46.3 Å². The molecule has 1 aliphatic heterocycles. The first-order chi connectivity index (χ1) is 19.9. The minimum Gasteiger partial charge on any atom is -1.00 e. The molecular formula is C37H45IN2O2. The second-order valence-corrected chi connectivity index (χ2v) is 12.0. The average Bonchev–Trinajstić information content (AvgIpc) is 3.03. The molecule has 0 amide bonds. The van der Waals surface area contributed by atoms with E-state index in [4.69, 9.17) is 0 Å². The molecule has 0 aliphatic carbocycles. The van der Waals surface area contributed by atoms with E-state index in [0.29, 0.717) is 12.8 Å². The van der Waals surface area contributed by atoms with Gasteiger partial charge < -0.3 is 38.7 Å². The van der Waals surface area contributed by atoms with Crippen LogP contribution in [0.3, 0.4) is 0 Å². The van der Waals surface area contributed by atoms with Crippen molar-refractivity contribution in [1.29, 1.82) is 0 Å². The third kappa shape index (κ3) is 7.69. The van der Waals surface area contributed by atoms with E-state index in [1.54, 1.807) is 0 Å². The van der Waals surface area contributed by atoms with E-state index in [1.165, 1.54) is 0 Å². The lowest BCUT2D eigenvalue weighted by atomic mass is 9.82. The maximum atomic E-state index is 11.9. The Kier molecular flexibility index (Phi) is 11.4. The van der Waals surface area contributed by atoms with Crippen molar-refractivity contribution in [1.82, 2.24) is 4.90 Å². The summed E-state index contributed by atoms with van der Waals surface area (Å²) in [5.74, 6) is 0. The lowest BCUT2D eigenvalue weighted by Gasteiger charge is -2.43. The number of likely N-dealkylation sites (N-methyl/N-ethyl adjacent to an activating group) is 1. The molecule has 42 heavy (non-hydrogen) atoms. The number of benzene rings is 4. The predicted molar refractivity (Wildman–Crippen MR) is 167 cm³/mol. The number of piperazine rings is 1. The van der Waals surface area contributed by atoms with E-state index in [0.717, 1.165) is 78.8 Å². The number of quaternary nitrogens is 1. The van der Waals surface area contributed by atoms with E-state index in [1.807, 2.05) is 121 Å². The van der Waals surface area contributed by atoms with Gasteiger partial charge in [0.05, 0.1) is 26.7 Å². The molecule has 5 heteroatoms. The predicted octanol–water partition coefficient (Wildman–Crippen LogP) is 3.19. The number of hydrogen-bond acceptors (Lipinski definition) is 3. The van der Waals surface area contributed by atoms with Gasteiger partial charge in [0.15, 0.2) is 0 Å². The summed E-state index contributed by atoms with van der Waals surface area (Å²) >= 11 is 0. The molecule has 1 heterocycles. The van der Waals surface area contributed by atoms with Gasteiger partial charge in [0.1, 0.15) is 11.2 Å². The van der Waals surface area contributed by atoms with Crippen molar-refractivity contribution in [3.8, 4) is 0 Å². The van der Waals surface area contributed by atoms with E-state index < -0.39 is 11.2 Å². The van der Waals surface area contributed by atoms with Crippen LogP contribution in [0, 0.1) is 0 Å². The third-order valence-electron chi connectivity index (χ3n) is 9.17. The van der Waals surface area contributed by atoms with Gasteiger partial charge in [0.2, 0.25) is 0 Å². The first kappa shape index (κ1) is 32.4. The van der Waals surface area contributed by atoms with Crippen LogP contribution in [0.15, 0.2) is 121 Å². The van der Waals surface area contributed by atoms with Crippen molar-refractivity contribution in [3.05, 3.63) is 144 Å². The normalized spacial score (nSPS) is 15.6. The molecule has 0 aromatic heterocycles. The summed E-state index contributed by atoms with van der Waals surface area (Å²) in [5.41, 5.74) is 1.89. The molecule has 4 aromatic carbocycles. The van der Waals surface area contributed by atoms with Gasteiger partial charge in [-0.15, -0.1) is 0 Å². The van der Waals surface area contributed by atoms with Crippen molar-refractivity contribution in [2.24, 2.45) is 0 Å². The van der Waals surface area contributed by atoms with Gasteiger partial charge in [-0.25, -0.2) is 0 Å². The Hall–Kier alpha value is -2.55. The average molecular weight is 677 g/mol. The highest BCUT2D eigenvalue weighted by molar-refractivity contribution is 5.37. The quantitative estimate of drug-likeness (QED) is 0.179.